The second-order valence-electron chi connectivity index (χ2n) is 4.64. The van der Waals surface area contributed by atoms with E-state index in [1.807, 2.05) is 11.6 Å². The van der Waals surface area contributed by atoms with Crippen LogP contribution in [0.4, 0.5) is 0 Å². The summed E-state index contributed by atoms with van der Waals surface area (Å²) in [6.45, 7) is 4.48. The van der Waals surface area contributed by atoms with Crippen LogP contribution < -0.4 is 4.80 Å². The molecule has 3 heteroatoms. The van der Waals surface area contributed by atoms with Crippen LogP contribution in [0, 0.1) is 10.8 Å². The first-order valence-corrected chi connectivity index (χ1v) is 6.50. The van der Waals surface area contributed by atoms with E-state index in [0.29, 0.717) is 4.80 Å². The first-order valence-electron chi connectivity index (χ1n) is 5.68. The average Bonchev–Trinajstić information content (AvgIpc) is 2.41. The topological polar surface area (TPSA) is 28.8 Å². The molecule has 0 saturated heterocycles. The van der Waals surface area contributed by atoms with Gasteiger partial charge in [0.25, 0.3) is 0 Å². The van der Waals surface area contributed by atoms with Crippen molar-refractivity contribution in [3.63, 3.8) is 0 Å². The fourth-order valence-electron chi connectivity index (χ4n) is 2.11. The minimum absolute atomic E-state index is 0.169. The molecule has 1 N–H and O–H groups in total. The second kappa shape index (κ2) is 4.06. The third-order valence-corrected chi connectivity index (χ3v) is 4.18. The quantitative estimate of drug-likeness (QED) is 0.812. The molecular weight excluding hydrogens is 216 g/mol. The summed E-state index contributed by atoms with van der Waals surface area (Å²) in [5, 5.41) is 7.78. The van der Waals surface area contributed by atoms with Gasteiger partial charge >= 0.3 is 0 Å². The van der Waals surface area contributed by atoms with E-state index in [0.717, 1.165) is 5.69 Å². The van der Waals surface area contributed by atoms with Crippen molar-refractivity contribution in [3.05, 3.63) is 27.5 Å². The van der Waals surface area contributed by atoms with E-state index in [4.69, 9.17) is 5.41 Å². The first-order chi connectivity index (χ1) is 7.56. The number of hydrogen-bond donors (Lipinski definition) is 1. The Kier molecular flexibility index (Phi) is 2.89. The Balaban J connectivity index is 2.46. The summed E-state index contributed by atoms with van der Waals surface area (Å²) in [5.41, 5.74) is 1.33. The molecule has 1 heterocycles. The third kappa shape index (κ3) is 1.92. The lowest BCUT2D eigenvalue weighted by atomic mass is 9.85. The Morgan fingerprint density at radius 1 is 1.38 bits per heavy atom. The van der Waals surface area contributed by atoms with Gasteiger partial charge in [-0.3, -0.25) is 5.41 Å². The van der Waals surface area contributed by atoms with Gasteiger partial charge in [0, 0.05) is 12.5 Å². The van der Waals surface area contributed by atoms with Crippen molar-refractivity contribution >= 4 is 23.5 Å². The highest BCUT2D eigenvalue weighted by atomic mass is 32.1. The maximum atomic E-state index is 7.78. The third-order valence-electron chi connectivity index (χ3n) is 3.15. The van der Waals surface area contributed by atoms with Gasteiger partial charge in [-0.1, -0.05) is 43.8 Å². The van der Waals surface area contributed by atoms with Gasteiger partial charge < -0.3 is 4.57 Å². The van der Waals surface area contributed by atoms with E-state index < -0.39 is 0 Å². The van der Waals surface area contributed by atoms with Gasteiger partial charge in [0.1, 0.15) is 0 Å². The minimum Gasteiger partial charge on any atom is -0.320 e. The van der Waals surface area contributed by atoms with Crippen LogP contribution in [0.5, 0.6) is 0 Å². The second-order valence-corrected chi connectivity index (χ2v) is 5.67. The molecule has 86 valence electrons. The van der Waals surface area contributed by atoms with Crippen LogP contribution in [0.3, 0.4) is 0 Å². The number of rotatable bonds is 2. The summed E-state index contributed by atoms with van der Waals surface area (Å²) < 4.78 is 1.94. The van der Waals surface area contributed by atoms with Crippen LogP contribution in [0.1, 0.15) is 37.3 Å². The number of nitrogens with one attached hydrogen (secondary N) is 1. The number of hydrogen-bond acceptors (Lipinski definition) is 2. The lowest BCUT2D eigenvalue weighted by Crippen LogP contribution is -2.10. The molecule has 0 saturated carbocycles. The number of nitrogens with zero attached hydrogens (tertiary/aromatic N) is 1. The number of thiazole rings is 1. The Bertz CT molecular complexity index is 504. The molecule has 16 heavy (non-hydrogen) atoms. The summed E-state index contributed by atoms with van der Waals surface area (Å²) in [6.07, 6.45) is 11.2. The van der Waals surface area contributed by atoms with E-state index in [2.05, 4.69) is 38.2 Å². The van der Waals surface area contributed by atoms with Gasteiger partial charge in [0.05, 0.1) is 10.6 Å². The van der Waals surface area contributed by atoms with Gasteiger partial charge in [-0.15, -0.1) is 0 Å². The summed E-state index contributed by atoms with van der Waals surface area (Å²) >= 11 is 1.54. The summed E-state index contributed by atoms with van der Waals surface area (Å²) in [4.78, 5) is 1.81. The molecule has 0 fully saturated rings. The van der Waals surface area contributed by atoms with Gasteiger partial charge in [-0.05, 0) is 18.6 Å². The standard InChI is InChI=1S/C13H18N2S/c1-4-7-13(2)8-5-10-11(6-9-13)16-12(14)15(10)3/h5-6,8-9,14H,4,7H2,1-3H3. The molecule has 0 aliphatic heterocycles. The SMILES string of the molecule is CCCC1(C)C=Cc2sc(=N)n(C)c2C=C1. The summed E-state index contributed by atoms with van der Waals surface area (Å²) in [5.74, 6) is 0. The fraction of sp³-hybridized carbons (Fsp3) is 0.462. The van der Waals surface area contributed by atoms with Gasteiger partial charge in [0.15, 0.2) is 4.80 Å². The number of fused-ring (bicyclic) bond motifs is 1. The number of aromatic nitrogens is 1. The van der Waals surface area contributed by atoms with Crippen molar-refractivity contribution in [2.45, 2.75) is 26.7 Å². The lowest BCUT2D eigenvalue weighted by molar-refractivity contribution is 0.497. The van der Waals surface area contributed by atoms with E-state index in [-0.39, 0.29) is 5.41 Å². The largest absolute Gasteiger partial charge is 0.320 e. The van der Waals surface area contributed by atoms with Crippen molar-refractivity contribution in [1.82, 2.24) is 4.57 Å². The van der Waals surface area contributed by atoms with Crippen molar-refractivity contribution < 1.29 is 0 Å². The zero-order valence-corrected chi connectivity index (χ0v) is 10.9. The first kappa shape index (κ1) is 11.4. The molecule has 1 atom stereocenters. The molecule has 2 nitrogen and oxygen atoms in total. The molecule has 0 amide bonds. The highest BCUT2D eigenvalue weighted by molar-refractivity contribution is 7.10. The van der Waals surface area contributed by atoms with E-state index in [1.165, 1.54) is 17.7 Å². The molecule has 0 radical (unpaired) electrons. The zero-order chi connectivity index (χ0) is 11.8. The highest BCUT2D eigenvalue weighted by Crippen LogP contribution is 2.32. The highest BCUT2D eigenvalue weighted by Gasteiger charge is 2.19. The molecule has 1 aliphatic carbocycles. The summed E-state index contributed by atoms with van der Waals surface area (Å²) in [7, 11) is 1.96. The van der Waals surface area contributed by atoms with Crippen LogP contribution >= 0.6 is 11.3 Å². The number of allylic oxidation sites excluding steroid dienone is 2. The predicted molar refractivity (Wildman–Crippen MR) is 70.2 cm³/mol. The van der Waals surface area contributed by atoms with Crippen molar-refractivity contribution in [2.75, 3.05) is 0 Å². The molecule has 1 aromatic heterocycles. The smallest absolute Gasteiger partial charge is 0.182 e. The Morgan fingerprint density at radius 3 is 2.75 bits per heavy atom. The Morgan fingerprint density at radius 2 is 2.06 bits per heavy atom. The molecule has 2 rings (SSSR count). The molecule has 1 unspecified atom stereocenters. The van der Waals surface area contributed by atoms with Gasteiger partial charge in [-0.25, -0.2) is 0 Å². The maximum absolute atomic E-state index is 7.78. The molecule has 0 aromatic carbocycles. The Hall–Kier alpha value is -1.09. The van der Waals surface area contributed by atoms with Crippen molar-refractivity contribution in [1.29, 1.82) is 5.41 Å². The van der Waals surface area contributed by atoms with Gasteiger partial charge in [-0.2, -0.15) is 0 Å². The monoisotopic (exact) mass is 234 g/mol. The van der Waals surface area contributed by atoms with E-state index >= 15 is 0 Å². The van der Waals surface area contributed by atoms with E-state index in [9.17, 15) is 0 Å². The predicted octanol–water partition coefficient (Wildman–Crippen LogP) is 3.41. The normalized spacial score (nSPS) is 23.2. The van der Waals surface area contributed by atoms with Gasteiger partial charge in [0.2, 0.25) is 0 Å². The van der Waals surface area contributed by atoms with Crippen LogP contribution in [-0.4, -0.2) is 4.57 Å². The molecular formula is C13H18N2S. The van der Waals surface area contributed by atoms with Crippen LogP contribution in [0.15, 0.2) is 12.2 Å². The van der Waals surface area contributed by atoms with Crippen LogP contribution in [0.25, 0.3) is 12.2 Å². The molecule has 0 spiro atoms. The van der Waals surface area contributed by atoms with E-state index in [1.54, 1.807) is 11.3 Å². The molecule has 1 aromatic rings. The van der Waals surface area contributed by atoms with Crippen LogP contribution in [0.2, 0.25) is 0 Å². The Labute approximate surface area is 100 Å². The van der Waals surface area contributed by atoms with Crippen molar-refractivity contribution in [3.8, 4) is 0 Å². The molecule has 0 bridgehead atoms. The summed E-state index contributed by atoms with van der Waals surface area (Å²) in [6, 6.07) is 0. The lowest BCUT2D eigenvalue weighted by Gasteiger charge is -2.19. The molecule has 1 aliphatic rings. The zero-order valence-electron chi connectivity index (χ0n) is 10.1. The van der Waals surface area contributed by atoms with Crippen LogP contribution in [-0.2, 0) is 7.05 Å². The maximum Gasteiger partial charge on any atom is 0.182 e. The average molecular weight is 234 g/mol. The van der Waals surface area contributed by atoms with Crippen molar-refractivity contribution in [2.24, 2.45) is 12.5 Å². The fourth-order valence-corrected chi connectivity index (χ4v) is 3.00. The minimum atomic E-state index is 0.169.